The lowest BCUT2D eigenvalue weighted by atomic mass is 9.80. The summed E-state index contributed by atoms with van der Waals surface area (Å²) in [6, 6.07) is 14.9. The van der Waals surface area contributed by atoms with Crippen molar-refractivity contribution < 1.29 is 9.53 Å². The zero-order chi connectivity index (χ0) is 21.2. The van der Waals surface area contributed by atoms with Gasteiger partial charge < -0.3 is 4.74 Å². The van der Waals surface area contributed by atoms with Crippen molar-refractivity contribution in [1.29, 1.82) is 0 Å². The van der Waals surface area contributed by atoms with Crippen molar-refractivity contribution in [3.63, 3.8) is 0 Å². The summed E-state index contributed by atoms with van der Waals surface area (Å²) in [5.41, 5.74) is 5.51. The number of aryl methyl sites for hydroxylation is 1. The lowest BCUT2D eigenvalue weighted by Crippen LogP contribution is -2.14. The molecule has 0 aromatic heterocycles. The fourth-order valence-corrected chi connectivity index (χ4v) is 4.53. The van der Waals surface area contributed by atoms with Crippen LogP contribution in [0, 0.1) is 5.92 Å². The first-order chi connectivity index (χ1) is 14.7. The van der Waals surface area contributed by atoms with Crippen LogP contribution in [0.3, 0.4) is 0 Å². The zero-order valence-electron chi connectivity index (χ0n) is 18.9. The number of ether oxygens (including phenoxy) is 1. The van der Waals surface area contributed by atoms with E-state index in [-0.39, 0.29) is 5.97 Å². The summed E-state index contributed by atoms with van der Waals surface area (Å²) in [6.45, 7) is 4.42. The smallest absolute Gasteiger partial charge is 0.311 e. The Kier molecular flexibility index (Phi) is 8.99. The van der Waals surface area contributed by atoms with Gasteiger partial charge in [0.25, 0.3) is 0 Å². The molecule has 0 bridgehead atoms. The van der Waals surface area contributed by atoms with Crippen molar-refractivity contribution in [2.24, 2.45) is 5.92 Å². The molecule has 0 radical (unpaired) electrons. The van der Waals surface area contributed by atoms with Crippen LogP contribution in [0.25, 0.3) is 11.1 Å². The van der Waals surface area contributed by atoms with Crippen molar-refractivity contribution in [3.05, 3.63) is 53.6 Å². The summed E-state index contributed by atoms with van der Waals surface area (Å²) in [4.78, 5) is 11.9. The monoisotopic (exact) mass is 406 g/mol. The number of hydrogen-bond donors (Lipinski definition) is 0. The van der Waals surface area contributed by atoms with Crippen LogP contribution in [0.2, 0.25) is 0 Å². The molecular formula is C28H38O2. The van der Waals surface area contributed by atoms with Gasteiger partial charge in [0.1, 0.15) is 5.75 Å². The molecule has 1 unspecified atom stereocenters. The number of carbonyl (C=O) groups is 1. The summed E-state index contributed by atoms with van der Waals surface area (Å²) in [7, 11) is 0. The molecule has 2 aromatic carbocycles. The van der Waals surface area contributed by atoms with Gasteiger partial charge in [0.15, 0.2) is 0 Å². The minimum Gasteiger partial charge on any atom is -0.427 e. The van der Waals surface area contributed by atoms with Crippen LogP contribution in [0.4, 0.5) is 0 Å². The molecule has 162 valence electrons. The molecule has 0 N–H and O–H groups in total. The van der Waals surface area contributed by atoms with Gasteiger partial charge in [0.05, 0.1) is 0 Å². The number of fused-ring (bicyclic) bond motifs is 1. The second-order valence-electron chi connectivity index (χ2n) is 8.90. The average molecular weight is 407 g/mol. The molecule has 0 saturated heterocycles. The van der Waals surface area contributed by atoms with E-state index >= 15 is 0 Å². The Labute approximate surface area is 183 Å². The van der Waals surface area contributed by atoms with Crippen molar-refractivity contribution in [2.45, 2.75) is 90.9 Å². The molecule has 30 heavy (non-hydrogen) atoms. The van der Waals surface area contributed by atoms with Gasteiger partial charge in [-0.15, -0.1) is 0 Å². The second kappa shape index (κ2) is 11.9. The van der Waals surface area contributed by atoms with Crippen molar-refractivity contribution >= 4 is 5.97 Å². The highest BCUT2D eigenvalue weighted by Gasteiger charge is 2.18. The van der Waals surface area contributed by atoms with Crippen molar-refractivity contribution in [2.75, 3.05) is 0 Å². The summed E-state index contributed by atoms with van der Waals surface area (Å²) < 4.78 is 5.46. The Balaban J connectivity index is 1.55. The molecule has 3 rings (SSSR count). The van der Waals surface area contributed by atoms with E-state index in [1.165, 1.54) is 68.1 Å². The van der Waals surface area contributed by atoms with Gasteiger partial charge in [-0.25, -0.2) is 0 Å². The zero-order valence-corrected chi connectivity index (χ0v) is 18.9. The van der Waals surface area contributed by atoms with Gasteiger partial charge in [-0.05, 0) is 66.0 Å². The summed E-state index contributed by atoms with van der Waals surface area (Å²) in [5, 5.41) is 0. The predicted molar refractivity (Wildman–Crippen MR) is 126 cm³/mol. The number of esters is 1. The van der Waals surface area contributed by atoms with Gasteiger partial charge in [0.2, 0.25) is 0 Å². The molecule has 0 heterocycles. The fourth-order valence-electron chi connectivity index (χ4n) is 4.53. The van der Waals surface area contributed by atoms with Gasteiger partial charge in [0, 0.05) is 6.42 Å². The fraction of sp³-hybridized carbons (Fsp3) is 0.536. The Bertz CT molecular complexity index is 791. The molecule has 0 aliphatic heterocycles. The molecule has 0 saturated carbocycles. The molecule has 1 atom stereocenters. The largest absolute Gasteiger partial charge is 0.427 e. The third-order valence-corrected chi connectivity index (χ3v) is 6.41. The lowest BCUT2D eigenvalue weighted by Gasteiger charge is -2.25. The summed E-state index contributed by atoms with van der Waals surface area (Å²) in [5.74, 6) is 1.38. The van der Waals surface area contributed by atoms with E-state index in [2.05, 4.69) is 44.2 Å². The molecule has 1 aliphatic carbocycles. The molecule has 0 amide bonds. The minimum absolute atomic E-state index is 0.130. The molecule has 2 heteroatoms. The van der Waals surface area contributed by atoms with E-state index in [4.69, 9.17) is 4.74 Å². The van der Waals surface area contributed by atoms with E-state index < -0.39 is 0 Å². The van der Waals surface area contributed by atoms with E-state index in [0.29, 0.717) is 12.2 Å². The van der Waals surface area contributed by atoms with Crippen LogP contribution in [0.1, 0.15) is 89.2 Å². The number of benzene rings is 2. The molecule has 2 aromatic rings. The first-order valence-electron chi connectivity index (χ1n) is 12.1. The van der Waals surface area contributed by atoms with Crippen LogP contribution in [-0.2, 0) is 17.6 Å². The highest BCUT2D eigenvalue weighted by molar-refractivity contribution is 5.73. The normalized spacial score (nSPS) is 15.6. The second-order valence-corrected chi connectivity index (χ2v) is 8.90. The lowest BCUT2D eigenvalue weighted by molar-refractivity contribution is -0.134. The number of hydrogen-bond acceptors (Lipinski definition) is 2. The average Bonchev–Trinajstić information content (AvgIpc) is 2.77. The minimum atomic E-state index is -0.130. The van der Waals surface area contributed by atoms with E-state index in [1.54, 1.807) is 5.56 Å². The summed E-state index contributed by atoms with van der Waals surface area (Å²) in [6.07, 6.45) is 14.2. The maximum Gasteiger partial charge on any atom is 0.311 e. The van der Waals surface area contributed by atoms with E-state index in [1.807, 2.05) is 12.1 Å². The van der Waals surface area contributed by atoms with Crippen LogP contribution in [-0.4, -0.2) is 5.97 Å². The Morgan fingerprint density at radius 2 is 1.60 bits per heavy atom. The van der Waals surface area contributed by atoms with Gasteiger partial charge in [-0.3, -0.25) is 4.79 Å². The quantitative estimate of drug-likeness (QED) is 0.215. The first kappa shape index (κ1) is 22.6. The van der Waals surface area contributed by atoms with Crippen molar-refractivity contribution in [3.8, 4) is 16.9 Å². The number of carbonyl (C=O) groups excluding carboxylic acids is 1. The van der Waals surface area contributed by atoms with Crippen LogP contribution in [0.5, 0.6) is 5.75 Å². The maximum atomic E-state index is 11.9. The van der Waals surface area contributed by atoms with Gasteiger partial charge in [-0.1, -0.05) is 89.1 Å². The van der Waals surface area contributed by atoms with E-state index in [9.17, 15) is 4.79 Å². The number of rotatable bonds is 11. The highest BCUT2D eigenvalue weighted by atomic mass is 16.5. The van der Waals surface area contributed by atoms with Gasteiger partial charge >= 0.3 is 5.97 Å². The molecule has 0 spiro atoms. The highest BCUT2D eigenvalue weighted by Crippen LogP contribution is 2.32. The summed E-state index contributed by atoms with van der Waals surface area (Å²) >= 11 is 0. The van der Waals surface area contributed by atoms with Crippen LogP contribution < -0.4 is 4.74 Å². The number of unbranched alkanes of at least 4 members (excludes halogenated alkanes) is 5. The third kappa shape index (κ3) is 6.72. The van der Waals surface area contributed by atoms with Gasteiger partial charge in [-0.2, -0.15) is 0 Å². The molecule has 0 fully saturated rings. The Morgan fingerprint density at radius 3 is 2.37 bits per heavy atom. The SMILES string of the molecule is CCCCCCC1CCc2cc(-c3ccc(OC(=O)CCCCC)cc3)ccc2C1. The van der Waals surface area contributed by atoms with Crippen LogP contribution >= 0.6 is 0 Å². The molecular weight excluding hydrogens is 368 g/mol. The molecule has 1 aliphatic rings. The predicted octanol–water partition coefficient (Wildman–Crippen LogP) is 7.91. The van der Waals surface area contributed by atoms with E-state index in [0.717, 1.165) is 25.2 Å². The van der Waals surface area contributed by atoms with Crippen molar-refractivity contribution in [1.82, 2.24) is 0 Å². The standard InChI is InChI=1S/C28H38O2/c1-3-5-7-9-10-22-12-13-26-21-25(15-14-24(26)20-22)23-16-18-27(19-17-23)30-28(29)11-8-6-4-2/h14-19,21-22H,3-13,20H2,1-2H3. The molecule has 2 nitrogen and oxygen atoms in total. The maximum absolute atomic E-state index is 11.9. The topological polar surface area (TPSA) is 26.3 Å². The third-order valence-electron chi connectivity index (χ3n) is 6.41. The Hall–Kier alpha value is -2.09. The first-order valence-corrected chi connectivity index (χ1v) is 12.1. The Morgan fingerprint density at radius 1 is 0.867 bits per heavy atom. The van der Waals surface area contributed by atoms with Crippen LogP contribution in [0.15, 0.2) is 42.5 Å².